The topological polar surface area (TPSA) is 30.7 Å². The summed E-state index contributed by atoms with van der Waals surface area (Å²) in [5.74, 6) is 0.705. The molecular weight excluding hydrogens is 258 g/mol. The molecule has 1 heterocycles. The van der Waals surface area contributed by atoms with Crippen LogP contribution in [0.4, 0.5) is 0 Å². The monoisotopic (exact) mass is 287 g/mol. The number of nitrogens with zero attached hydrogens (tertiary/aromatic N) is 3. The average molecular weight is 287 g/mol. The molecule has 0 amide bonds. The van der Waals surface area contributed by atoms with Crippen LogP contribution in [0.15, 0.2) is 12.2 Å². The summed E-state index contributed by atoms with van der Waals surface area (Å²) in [6.07, 6.45) is 18.9. The summed E-state index contributed by atoms with van der Waals surface area (Å²) in [6, 6.07) is 0.613. The van der Waals surface area contributed by atoms with Crippen LogP contribution in [0.1, 0.15) is 94.5 Å². The maximum atomic E-state index is 4.60. The largest absolute Gasteiger partial charge is 0.246 e. The van der Waals surface area contributed by atoms with Crippen LogP contribution >= 0.6 is 0 Å². The van der Waals surface area contributed by atoms with Gasteiger partial charge >= 0.3 is 0 Å². The van der Waals surface area contributed by atoms with Gasteiger partial charge in [-0.2, -0.15) is 0 Å². The van der Waals surface area contributed by atoms with E-state index in [4.69, 9.17) is 0 Å². The lowest BCUT2D eigenvalue weighted by molar-refractivity contribution is 0.303. The van der Waals surface area contributed by atoms with E-state index in [0.717, 1.165) is 6.42 Å². The van der Waals surface area contributed by atoms with Gasteiger partial charge < -0.3 is 0 Å². The third-order valence-corrected chi connectivity index (χ3v) is 5.26. The van der Waals surface area contributed by atoms with E-state index in [2.05, 4.69) is 34.1 Å². The predicted molar refractivity (Wildman–Crippen MR) is 86.5 cm³/mol. The minimum absolute atomic E-state index is 0.613. The van der Waals surface area contributed by atoms with Gasteiger partial charge in [0.15, 0.2) is 0 Å². The number of hydrogen-bond acceptors (Lipinski definition) is 2. The Bertz CT molecular complexity index is 463. The van der Waals surface area contributed by atoms with E-state index in [1.165, 1.54) is 75.6 Å². The van der Waals surface area contributed by atoms with Crippen LogP contribution in [0, 0.1) is 0 Å². The molecule has 3 nitrogen and oxygen atoms in total. The molecule has 2 saturated carbocycles. The highest BCUT2D eigenvalue weighted by Gasteiger charge is 2.27. The summed E-state index contributed by atoms with van der Waals surface area (Å²) >= 11 is 0. The second-order valence-corrected chi connectivity index (χ2v) is 6.77. The van der Waals surface area contributed by atoms with Crippen LogP contribution in [0.5, 0.6) is 0 Å². The molecule has 0 N–H and O–H groups in total. The summed E-state index contributed by atoms with van der Waals surface area (Å²) in [5, 5.41) is 9.17. The lowest BCUT2D eigenvalue weighted by Gasteiger charge is -2.28. The zero-order valence-electron chi connectivity index (χ0n) is 13.4. The van der Waals surface area contributed by atoms with Gasteiger partial charge in [0, 0.05) is 12.3 Å². The zero-order valence-corrected chi connectivity index (χ0v) is 13.4. The van der Waals surface area contributed by atoms with Crippen LogP contribution in [-0.4, -0.2) is 15.0 Å². The second-order valence-electron chi connectivity index (χ2n) is 6.77. The van der Waals surface area contributed by atoms with E-state index < -0.39 is 0 Å². The molecule has 0 radical (unpaired) electrons. The van der Waals surface area contributed by atoms with Gasteiger partial charge in [0.2, 0.25) is 0 Å². The summed E-state index contributed by atoms with van der Waals surface area (Å²) < 4.78 is 2.34. The fraction of sp³-hybridized carbons (Fsp3) is 0.778. The zero-order chi connectivity index (χ0) is 14.5. The Labute approximate surface area is 128 Å². The normalized spacial score (nSPS) is 22.1. The van der Waals surface area contributed by atoms with Gasteiger partial charge in [-0.3, -0.25) is 0 Å². The average Bonchev–Trinajstić information content (AvgIpc) is 2.98. The van der Waals surface area contributed by atoms with Crippen molar-refractivity contribution in [2.75, 3.05) is 0 Å². The fourth-order valence-corrected chi connectivity index (χ4v) is 4.10. The Morgan fingerprint density at radius 1 is 1.00 bits per heavy atom. The minimum atomic E-state index is 0.613. The molecular formula is C18H29N3. The third kappa shape index (κ3) is 3.38. The molecule has 0 atom stereocenters. The SMILES string of the molecule is CC=CCc1nnn(C2CCCCC2)c1C1CCCCC1. The van der Waals surface area contributed by atoms with E-state index in [1.807, 2.05) is 0 Å². The first-order valence-electron chi connectivity index (χ1n) is 8.95. The van der Waals surface area contributed by atoms with Crippen LogP contribution < -0.4 is 0 Å². The Morgan fingerprint density at radius 3 is 2.33 bits per heavy atom. The standard InChI is InChI=1S/C18H29N3/c1-2-3-14-17-18(15-10-6-4-7-11-15)21(20-19-17)16-12-8-5-9-13-16/h2-3,15-16H,4-14H2,1H3. The molecule has 0 bridgehead atoms. The summed E-state index contributed by atoms with van der Waals surface area (Å²) in [6.45, 7) is 2.09. The molecule has 0 spiro atoms. The van der Waals surface area contributed by atoms with E-state index in [9.17, 15) is 0 Å². The van der Waals surface area contributed by atoms with Crippen molar-refractivity contribution in [3.05, 3.63) is 23.5 Å². The van der Waals surface area contributed by atoms with Crippen LogP contribution in [0.3, 0.4) is 0 Å². The van der Waals surface area contributed by atoms with E-state index in [-0.39, 0.29) is 0 Å². The maximum absolute atomic E-state index is 4.60. The number of rotatable bonds is 4. The van der Waals surface area contributed by atoms with Crippen molar-refractivity contribution < 1.29 is 0 Å². The molecule has 0 unspecified atom stereocenters. The second kappa shape index (κ2) is 7.24. The van der Waals surface area contributed by atoms with Crippen molar-refractivity contribution in [2.24, 2.45) is 0 Å². The van der Waals surface area contributed by atoms with E-state index in [1.54, 1.807) is 0 Å². The van der Waals surface area contributed by atoms with Gasteiger partial charge in [0.25, 0.3) is 0 Å². The molecule has 3 rings (SSSR count). The van der Waals surface area contributed by atoms with Crippen molar-refractivity contribution in [2.45, 2.75) is 89.5 Å². The highest BCUT2D eigenvalue weighted by Crippen LogP contribution is 2.37. The smallest absolute Gasteiger partial charge is 0.0899 e. The molecule has 21 heavy (non-hydrogen) atoms. The molecule has 3 heteroatoms. The summed E-state index contributed by atoms with van der Waals surface area (Å²) in [5.41, 5.74) is 2.73. The predicted octanol–water partition coefficient (Wildman–Crippen LogP) is 4.95. The van der Waals surface area contributed by atoms with Crippen LogP contribution in [0.2, 0.25) is 0 Å². The first-order chi connectivity index (χ1) is 10.4. The number of aromatic nitrogens is 3. The molecule has 2 fully saturated rings. The van der Waals surface area contributed by atoms with Crippen molar-refractivity contribution in [3.8, 4) is 0 Å². The van der Waals surface area contributed by atoms with Crippen molar-refractivity contribution in [1.29, 1.82) is 0 Å². The lowest BCUT2D eigenvalue weighted by Crippen LogP contribution is -2.20. The molecule has 0 aromatic carbocycles. The molecule has 116 valence electrons. The molecule has 0 saturated heterocycles. The maximum Gasteiger partial charge on any atom is 0.0899 e. The van der Waals surface area contributed by atoms with Gasteiger partial charge in [0.1, 0.15) is 0 Å². The molecule has 1 aromatic rings. The highest BCUT2D eigenvalue weighted by molar-refractivity contribution is 5.20. The Kier molecular flexibility index (Phi) is 5.10. The Hall–Kier alpha value is -1.12. The summed E-state index contributed by atoms with van der Waals surface area (Å²) in [7, 11) is 0. The third-order valence-electron chi connectivity index (χ3n) is 5.26. The van der Waals surface area contributed by atoms with Gasteiger partial charge in [-0.05, 0) is 32.6 Å². The lowest BCUT2D eigenvalue weighted by atomic mass is 9.85. The quantitative estimate of drug-likeness (QED) is 0.734. The van der Waals surface area contributed by atoms with Crippen LogP contribution in [-0.2, 0) is 6.42 Å². The molecule has 0 aliphatic heterocycles. The minimum Gasteiger partial charge on any atom is -0.246 e. The first kappa shape index (κ1) is 14.8. The van der Waals surface area contributed by atoms with E-state index in [0.29, 0.717) is 12.0 Å². The first-order valence-corrected chi connectivity index (χ1v) is 8.95. The van der Waals surface area contributed by atoms with Gasteiger partial charge in [-0.25, -0.2) is 4.68 Å². The van der Waals surface area contributed by atoms with Crippen LogP contribution in [0.25, 0.3) is 0 Å². The highest BCUT2D eigenvalue weighted by atomic mass is 15.4. The van der Waals surface area contributed by atoms with Gasteiger partial charge in [0.05, 0.1) is 17.4 Å². The molecule has 2 aliphatic carbocycles. The Balaban J connectivity index is 1.88. The molecule has 1 aromatic heterocycles. The Morgan fingerprint density at radius 2 is 1.67 bits per heavy atom. The van der Waals surface area contributed by atoms with Gasteiger partial charge in [-0.15, -0.1) is 5.10 Å². The fourth-order valence-electron chi connectivity index (χ4n) is 4.10. The summed E-state index contributed by atoms with van der Waals surface area (Å²) in [4.78, 5) is 0. The van der Waals surface area contributed by atoms with Crippen molar-refractivity contribution in [3.63, 3.8) is 0 Å². The molecule has 2 aliphatic rings. The van der Waals surface area contributed by atoms with E-state index >= 15 is 0 Å². The van der Waals surface area contributed by atoms with Crippen molar-refractivity contribution >= 4 is 0 Å². The van der Waals surface area contributed by atoms with Crippen molar-refractivity contribution in [1.82, 2.24) is 15.0 Å². The number of allylic oxidation sites excluding steroid dienone is 2. The number of hydrogen-bond donors (Lipinski definition) is 0. The van der Waals surface area contributed by atoms with Gasteiger partial charge in [-0.1, -0.05) is 55.9 Å².